The lowest BCUT2D eigenvalue weighted by Crippen LogP contribution is -2.26. The quantitative estimate of drug-likeness (QED) is 0.578. The molecule has 0 saturated heterocycles. The Kier molecular flexibility index (Phi) is 7.91. The van der Waals surface area contributed by atoms with E-state index in [1.807, 2.05) is 45.0 Å². The third-order valence-corrected chi connectivity index (χ3v) is 4.91. The van der Waals surface area contributed by atoms with Crippen LogP contribution < -0.4 is 15.8 Å². The number of benzene rings is 2. The average molecular weight is 447 g/mol. The second kappa shape index (κ2) is 11.0. The van der Waals surface area contributed by atoms with Crippen molar-refractivity contribution in [1.29, 1.82) is 0 Å². The molecule has 6 nitrogen and oxygen atoms in total. The highest BCUT2D eigenvalue weighted by atomic mass is 19.1. The molecular formula is C26H27FN4O2. The van der Waals surface area contributed by atoms with Gasteiger partial charge in [0.05, 0.1) is 17.0 Å². The number of aromatic nitrogens is 2. The Morgan fingerprint density at radius 1 is 1.15 bits per heavy atom. The van der Waals surface area contributed by atoms with E-state index < -0.39 is 5.82 Å². The molecule has 4 rings (SSSR count). The summed E-state index contributed by atoms with van der Waals surface area (Å²) in [5, 5.41) is 2.70. The van der Waals surface area contributed by atoms with Gasteiger partial charge in [-0.25, -0.2) is 14.4 Å². The summed E-state index contributed by atoms with van der Waals surface area (Å²) >= 11 is 0. The number of carbonyl (C=O) groups excluding carboxylic acids is 1. The van der Waals surface area contributed by atoms with Gasteiger partial charge in [0.2, 0.25) is 5.91 Å². The Balaban J connectivity index is 0.000000323. The molecular weight excluding hydrogens is 419 g/mol. The van der Waals surface area contributed by atoms with Crippen LogP contribution in [0, 0.1) is 12.7 Å². The van der Waals surface area contributed by atoms with E-state index in [2.05, 4.69) is 15.3 Å². The maximum Gasteiger partial charge on any atom is 0.243 e. The van der Waals surface area contributed by atoms with Crippen LogP contribution in [0.2, 0.25) is 0 Å². The minimum atomic E-state index is -0.458. The number of ether oxygens (including phenoxy) is 1. The monoisotopic (exact) mass is 446 g/mol. The van der Waals surface area contributed by atoms with Crippen molar-refractivity contribution in [3.05, 3.63) is 89.5 Å². The summed E-state index contributed by atoms with van der Waals surface area (Å²) in [5.74, 6) is 0.777. The molecule has 1 aromatic heterocycles. The first-order valence-corrected chi connectivity index (χ1v) is 10.6. The molecule has 2 heterocycles. The SMILES string of the molecule is C/C=C(\N)c1ccnc(-c2c(F)cccc2Oc2ccc(C)cc2)n1.CC1=CC(=O)NCC1. The highest BCUT2D eigenvalue weighted by Crippen LogP contribution is 2.34. The molecule has 2 aromatic carbocycles. The molecule has 170 valence electrons. The van der Waals surface area contributed by atoms with Crippen molar-refractivity contribution in [2.75, 3.05) is 6.54 Å². The molecule has 7 heteroatoms. The largest absolute Gasteiger partial charge is 0.456 e. The van der Waals surface area contributed by atoms with Gasteiger partial charge in [-0.1, -0.05) is 35.4 Å². The van der Waals surface area contributed by atoms with Crippen molar-refractivity contribution < 1.29 is 13.9 Å². The minimum absolute atomic E-state index is 0.0498. The first kappa shape index (κ1) is 23.7. The van der Waals surface area contributed by atoms with Crippen LogP contribution in [-0.4, -0.2) is 22.4 Å². The molecule has 0 fully saturated rings. The van der Waals surface area contributed by atoms with Crippen LogP contribution in [0.1, 0.15) is 31.5 Å². The number of rotatable bonds is 4. The van der Waals surface area contributed by atoms with E-state index in [9.17, 15) is 9.18 Å². The zero-order chi connectivity index (χ0) is 23.8. The predicted molar refractivity (Wildman–Crippen MR) is 128 cm³/mol. The van der Waals surface area contributed by atoms with Gasteiger partial charge in [0, 0.05) is 18.8 Å². The predicted octanol–water partition coefficient (Wildman–Crippen LogP) is 5.16. The van der Waals surface area contributed by atoms with Gasteiger partial charge in [0.1, 0.15) is 17.3 Å². The molecule has 0 radical (unpaired) electrons. The van der Waals surface area contributed by atoms with Gasteiger partial charge in [0.15, 0.2) is 5.82 Å². The summed E-state index contributed by atoms with van der Waals surface area (Å²) in [7, 11) is 0. The Hall–Kier alpha value is -4.00. The second-order valence-electron chi connectivity index (χ2n) is 7.57. The van der Waals surface area contributed by atoms with Crippen molar-refractivity contribution >= 4 is 11.6 Å². The number of carbonyl (C=O) groups is 1. The summed E-state index contributed by atoms with van der Waals surface area (Å²) in [6.07, 6.45) is 5.93. The lowest BCUT2D eigenvalue weighted by atomic mass is 10.1. The van der Waals surface area contributed by atoms with Gasteiger partial charge >= 0.3 is 0 Å². The first-order valence-electron chi connectivity index (χ1n) is 10.6. The number of allylic oxidation sites excluding steroid dienone is 1. The lowest BCUT2D eigenvalue weighted by Gasteiger charge is -2.12. The summed E-state index contributed by atoms with van der Waals surface area (Å²) < 4.78 is 20.4. The maximum atomic E-state index is 14.5. The smallest absolute Gasteiger partial charge is 0.243 e. The number of amides is 1. The molecule has 1 amide bonds. The standard InChI is InChI=1S/C20H18FN3O.C6H9NO/c1-3-16(22)17-11-12-23-20(24-17)19-15(21)5-4-6-18(19)25-14-9-7-13(2)8-10-14;1-5-2-3-7-6(8)4-5/h3-12H,22H2,1-2H3;4H,2-3H2,1H3,(H,7,8)/b16-3-;. The number of halogens is 1. The molecule has 0 saturated carbocycles. The zero-order valence-electron chi connectivity index (χ0n) is 18.9. The number of hydrogen-bond donors (Lipinski definition) is 2. The molecule has 3 N–H and O–H groups in total. The molecule has 0 bridgehead atoms. The highest BCUT2D eigenvalue weighted by Gasteiger charge is 2.16. The van der Waals surface area contributed by atoms with Gasteiger partial charge in [-0.05, 0) is 57.5 Å². The van der Waals surface area contributed by atoms with Crippen LogP contribution in [0.25, 0.3) is 17.1 Å². The Morgan fingerprint density at radius 3 is 2.55 bits per heavy atom. The number of aryl methyl sites for hydroxylation is 1. The van der Waals surface area contributed by atoms with Crippen molar-refractivity contribution in [2.24, 2.45) is 5.73 Å². The molecule has 33 heavy (non-hydrogen) atoms. The van der Waals surface area contributed by atoms with Crippen LogP contribution in [0.15, 0.2) is 72.5 Å². The van der Waals surface area contributed by atoms with Crippen LogP contribution in [-0.2, 0) is 4.79 Å². The minimum Gasteiger partial charge on any atom is -0.456 e. The second-order valence-corrected chi connectivity index (χ2v) is 7.57. The van der Waals surface area contributed by atoms with Crippen molar-refractivity contribution in [1.82, 2.24) is 15.3 Å². The molecule has 3 aromatic rings. The first-order chi connectivity index (χ1) is 15.9. The molecule has 0 unspecified atom stereocenters. The van der Waals surface area contributed by atoms with Gasteiger partial charge in [-0.15, -0.1) is 0 Å². The highest BCUT2D eigenvalue weighted by molar-refractivity contribution is 5.88. The normalized spacial score (nSPS) is 13.4. The average Bonchev–Trinajstić information content (AvgIpc) is 2.80. The topological polar surface area (TPSA) is 90.1 Å². The fraction of sp³-hybridized carbons (Fsp3) is 0.192. The lowest BCUT2D eigenvalue weighted by molar-refractivity contribution is -0.116. The van der Waals surface area contributed by atoms with E-state index in [0.717, 1.165) is 18.5 Å². The summed E-state index contributed by atoms with van der Waals surface area (Å²) in [5.41, 5.74) is 9.43. The Labute approximate surface area is 193 Å². The Bertz CT molecular complexity index is 1190. The van der Waals surface area contributed by atoms with Crippen LogP contribution >= 0.6 is 0 Å². The number of nitrogens with zero attached hydrogens (tertiary/aromatic N) is 2. The van der Waals surface area contributed by atoms with Crippen molar-refractivity contribution in [3.63, 3.8) is 0 Å². The number of hydrogen-bond acceptors (Lipinski definition) is 5. The van der Waals surface area contributed by atoms with Crippen molar-refractivity contribution in [2.45, 2.75) is 27.2 Å². The van der Waals surface area contributed by atoms with E-state index in [4.69, 9.17) is 10.5 Å². The number of nitrogens with one attached hydrogen (secondary N) is 1. The van der Waals surface area contributed by atoms with Crippen LogP contribution in [0.4, 0.5) is 4.39 Å². The third-order valence-electron chi connectivity index (χ3n) is 4.91. The molecule has 1 aliphatic heterocycles. The van der Waals surface area contributed by atoms with Crippen LogP contribution in [0.5, 0.6) is 11.5 Å². The van der Waals surface area contributed by atoms with E-state index >= 15 is 0 Å². The van der Waals surface area contributed by atoms with E-state index in [0.29, 0.717) is 22.9 Å². The van der Waals surface area contributed by atoms with Crippen molar-refractivity contribution in [3.8, 4) is 22.9 Å². The van der Waals surface area contributed by atoms with Gasteiger partial charge < -0.3 is 15.8 Å². The van der Waals surface area contributed by atoms with E-state index in [1.54, 1.807) is 36.5 Å². The fourth-order valence-electron chi connectivity index (χ4n) is 3.06. The van der Waals surface area contributed by atoms with Gasteiger partial charge in [0.25, 0.3) is 0 Å². The fourth-order valence-corrected chi connectivity index (χ4v) is 3.06. The molecule has 0 aliphatic carbocycles. The Morgan fingerprint density at radius 2 is 1.91 bits per heavy atom. The molecule has 0 atom stereocenters. The number of nitrogens with two attached hydrogens (primary N) is 1. The van der Waals surface area contributed by atoms with E-state index in [-0.39, 0.29) is 17.3 Å². The maximum absolute atomic E-state index is 14.5. The summed E-state index contributed by atoms with van der Waals surface area (Å²) in [6, 6.07) is 13.8. The summed E-state index contributed by atoms with van der Waals surface area (Å²) in [4.78, 5) is 19.0. The third kappa shape index (κ3) is 6.49. The zero-order valence-corrected chi connectivity index (χ0v) is 18.9. The van der Waals surface area contributed by atoms with Gasteiger partial charge in [-0.3, -0.25) is 4.79 Å². The van der Waals surface area contributed by atoms with Crippen LogP contribution in [0.3, 0.4) is 0 Å². The van der Waals surface area contributed by atoms with E-state index in [1.165, 1.54) is 11.6 Å². The summed E-state index contributed by atoms with van der Waals surface area (Å²) in [6.45, 7) is 6.58. The molecule has 1 aliphatic rings. The molecule has 0 spiro atoms. The van der Waals surface area contributed by atoms with Gasteiger partial charge in [-0.2, -0.15) is 0 Å².